The number of hydrogen-bond acceptors (Lipinski definition) is 5. The van der Waals surface area contributed by atoms with Crippen LogP contribution in [-0.2, 0) is 14.4 Å². The van der Waals surface area contributed by atoms with E-state index in [9.17, 15) is 19.2 Å². The molecular weight excluding hydrogens is 312 g/mol. The molecule has 1 saturated heterocycles. The number of rotatable bonds is 6. The van der Waals surface area contributed by atoms with Crippen LogP contribution in [0.15, 0.2) is 0 Å². The standard InChI is InChI=1S/C13H22N4O4.ClH/c1-8(2)5-13(3,7-14)15-9(18)6-17-11(20)10(19)16(4)12(17)21;/h8H,5-7,14H2,1-4H3,(H,15,18);1H. The first-order valence-electron chi connectivity index (χ1n) is 6.76. The zero-order chi connectivity index (χ0) is 16.4. The Kier molecular flexibility index (Phi) is 6.98. The Bertz CT molecular complexity index is 483. The molecule has 1 heterocycles. The van der Waals surface area contributed by atoms with E-state index in [0.29, 0.717) is 22.1 Å². The van der Waals surface area contributed by atoms with E-state index >= 15 is 0 Å². The van der Waals surface area contributed by atoms with Crippen LogP contribution < -0.4 is 11.1 Å². The number of nitrogens with one attached hydrogen (secondary N) is 1. The van der Waals surface area contributed by atoms with Gasteiger partial charge in [0.05, 0.1) is 0 Å². The minimum absolute atomic E-state index is 0. The molecule has 3 N–H and O–H groups in total. The number of carbonyl (C=O) groups excluding carboxylic acids is 4. The lowest BCUT2D eigenvalue weighted by Gasteiger charge is -2.31. The molecule has 0 aromatic carbocycles. The van der Waals surface area contributed by atoms with E-state index in [-0.39, 0.29) is 19.0 Å². The maximum Gasteiger partial charge on any atom is 0.334 e. The van der Waals surface area contributed by atoms with Crippen LogP contribution >= 0.6 is 12.4 Å². The molecule has 0 spiro atoms. The Morgan fingerprint density at radius 1 is 1.27 bits per heavy atom. The molecule has 1 atom stereocenters. The molecule has 5 amide bonds. The van der Waals surface area contributed by atoms with Crippen LogP contribution in [-0.4, -0.2) is 59.2 Å². The third kappa shape index (κ3) is 4.41. The molecule has 0 aromatic rings. The Balaban J connectivity index is 0.00000441. The van der Waals surface area contributed by atoms with E-state index in [4.69, 9.17) is 5.73 Å². The van der Waals surface area contributed by atoms with Gasteiger partial charge in [-0.15, -0.1) is 12.4 Å². The van der Waals surface area contributed by atoms with Crippen molar-refractivity contribution >= 4 is 36.2 Å². The number of nitrogens with zero attached hydrogens (tertiary/aromatic N) is 2. The molecule has 0 aliphatic carbocycles. The molecule has 1 rings (SSSR count). The summed E-state index contributed by atoms with van der Waals surface area (Å²) >= 11 is 0. The lowest BCUT2D eigenvalue weighted by atomic mass is 9.91. The second-order valence-electron chi connectivity index (χ2n) is 5.95. The van der Waals surface area contributed by atoms with Crippen molar-refractivity contribution in [2.75, 3.05) is 20.1 Å². The van der Waals surface area contributed by atoms with E-state index in [1.807, 2.05) is 13.8 Å². The van der Waals surface area contributed by atoms with Crippen LogP contribution in [0.2, 0.25) is 0 Å². The van der Waals surface area contributed by atoms with Gasteiger partial charge in [0, 0.05) is 19.1 Å². The van der Waals surface area contributed by atoms with E-state index in [2.05, 4.69) is 5.32 Å². The summed E-state index contributed by atoms with van der Waals surface area (Å²) in [5, 5.41) is 2.73. The first-order chi connectivity index (χ1) is 9.61. The van der Waals surface area contributed by atoms with Gasteiger partial charge in [0.15, 0.2) is 0 Å². The van der Waals surface area contributed by atoms with Gasteiger partial charge in [-0.05, 0) is 19.3 Å². The summed E-state index contributed by atoms with van der Waals surface area (Å²) in [6, 6.07) is -0.793. The van der Waals surface area contributed by atoms with Crippen LogP contribution in [0.5, 0.6) is 0 Å². The molecule has 1 fully saturated rings. The summed E-state index contributed by atoms with van der Waals surface area (Å²) in [6.45, 7) is 5.55. The fourth-order valence-corrected chi connectivity index (χ4v) is 2.36. The largest absolute Gasteiger partial charge is 0.348 e. The quantitative estimate of drug-likeness (QED) is 0.512. The number of halogens is 1. The van der Waals surface area contributed by atoms with Crippen LogP contribution in [0.25, 0.3) is 0 Å². The topological polar surface area (TPSA) is 113 Å². The van der Waals surface area contributed by atoms with Gasteiger partial charge in [-0.3, -0.25) is 19.3 Å². The second kappa shape index (κ2) is 7.55. The number of urea groups is 1. The molecule has 0 saturated carbocycles. The van der Waals surface area contributed by atoms with Gasteiger partial charge in [0.1, 0.15) is 6.54 Å². The third-order valence-corrected chi connectivity index (χ3v) is 3.30. The van der Waals surface area contributed by atoms with Crippen LogP contribution in [0.3, 0.4) is 0 Å². The van der Waals surface area contributed by atoms with Gasteiger partial charge in [0.25, 0.3) is 0 Å². The molecular formula is C13H23ClN4O4. The molecule has 0 aromatic heterocycles. The normalized spacial score (nSPS) is 17.6. The average molecular weight is 335 g/mol. The fraction of sp³-hybridized carbons (Fsp3) is 0.692. The number of likely N-dealkylation sites (N-methyl/N-ethyl adjacent to an activating group) is 1. The third-order valence-electron chi connectivity index (χ3n) is 3.30. The van der Waals surface area contributed by atoms with Crippen molar-refractivity contribution in [3.63, 3.8) is 0 Å². The number of imide groups is 2. The molecule has 126 valence electrons. The van der Waals surface area contributed by atoms with Crippen molar-refractivity contribution in [1.29, 1.82) is 0 Å². The van der Waals surface area contributed by atoms with Crippen molar-refractivity contribution in [3.8, 4) is 0 Å². The van der Waals surface area contributed by atoms with E-state index < -0.39 is 35.8 Å². The predicted molar refractivity (Wildman–Crippen MR) is 82.2 cm³/mol. The van der Waals surface area contributed by atoms with E-state index in [1.165, 1.54) is 7.05 Å². The fourth-order valence-electron chi connectivity index (χ4n) is 2.36. The van der Waals surface area contributed by atoms with Crippen LogP contribution in [0.4, 0.5) is 4.79 Å². The van der Waals surface area contributed by atoms with E-state index in [0.717, 1.165) is 0 Å². The second-order valence-corrected chi connectivity index (χ2v) is 5.95. The Labute approximate surface area is 135 Å². The number of hydrogen-bond donors (Lipinski definition) is 2. The molecule has 1 aliphatic heterocycles. The summed E-state index contributed by atoms with van der Waals surface area (Å²) in [5.74, 6) is -2.12. The Hall–Kier alpha value is -1.67. The summed E-state index contributed by atoms with van der Waals surface area (Å²) in [5.41, 5.74) is 5.07. The number of carbonyl (C=O) groups is 4. The van der Waals surface area contributed by atoms with Gasteiger partial charge < -0.3 is 11.1 Å². The zero-order valence-corrected chi connectivity index (χ0v) is 14.0. The molecule has 1 aliphatic rings. The lowest BCUT2D eigenvalue weighted by Crippen LogP contribution is -2.55. The minimum atomic E-state index is -0.990. The molecule has 22 heavy (non-hydrogen) atoms. The Morgan fingerprint density at radius 3 is 2.18 bits per heavy atom. The Morgan fingerprint density at radius 2 is 1.82 bits per heavy atom. The number of nitrogens with two attached hydrogens (primary N) is 1. The van der Waals surface area contributed by atoms with E-state index in [1.54, 1.807) is 6.92 Å². The van der Waals surface area contributed by atoms with Crippen LogP contribution in [0.1, 0.15) is 27.2 Å². The van der Waals surface area contributed by atoms with Crippen molar-refractivity contribution in [2.45, 2.75) is 32.7 Å². The van der Waals surface area contributed by atoms with Gasteiger partial charge in [-0.25, -0.2) is 9.69 Å². The molecule has 1 unspecified atom stereocenters. The molecule has 8 nitrogen and oxygen atoms in total. The van der Waals surface area contributed by atoms with Crippen molar-refractivity contribution in [2.24, 2.45) is 11.7 Å². The minimum Gasteiger partial charge on any atom is -0.348 e. The summed E-state index contributed by atoms with van der Waals surface area (Å²) in [7, 11) is 1.20. The van der Waals surface area contributed by atoms with Crippen molar-refractivity contribution in [1.82, 2.24) is 15.1 Å². The lowest BCUT2D eigenvalue weighted by molar-refractivity contribution is -0.143. The van der Waals surface area contributed by atoms with Crippen molar-refractivity contribution < 1.29 is 19.2 Å². The zero-order valence-electron chi connectivity index (χ0n) is 13.2. The smallest absolute Gasteiger partial charge is 0.334 e. The SMILES string of the molecule is CC(C)CC(C)(CN)NC(=O)CN1C(=O)C(=O)N(C)C1=O.Cl. The van der Waals surface area contributed by atoms with Gasteiger partial charge >= 0.3 is 17.8 Å². The molecule has 0 bridgehead atoms. The van der Waals surface area contributed by atoms with Gasteiger partial charge in [0.2, 0.25) is 5.91 Å². The van der Waals surface area contributed by atoms with Gasteiger partial charge in [-0.1, -0.05) is 13.8 Å². The highest BCUT2D eigenvalue weighted by Gasteiger charge is 2.43. The summed E-state index contributed by atoms with van der Waals surface area (Å²) in [6.07, 6.45) is 0.663. The first kappa shape index (κ1) is 20.3. The maximum atomic E-state index is 12.0. The van der Waals surface area contributed by atoms with Crippen LogP contribution in [0, 0.1) is 5.92 Å². The monoisotopic (exact) mass is 334 g/mol. The summed E-state index contributed by atoms with van der Waals surface area (Å²) in [4.78, 5) is 48.0. The highest BCUT2D eigenvalue weighted by Crippen LogP contribution is 2.16. The highest BCUT2D eigenvalue weighted by atomic mass is 35.5. The molecule has 9 heteroatoms. The number of amides is 5. The van der Waals surface area contributed by atoms with Crippen molar-refractivity contribution in [3.05, 3.63) is 0 Å². The average Bonchev–Trinajstić information content (AvgIpc) is 2.55. The summed E-state index contributed by atoms with van der Waals surface area (Å²) < 4.78 is 0. The maximum absolute atomic E-state index is 12.0. The predicted octanol–water partition coefficient (Wildman–Crippen LogP) is -0.291. The highest BCUT2D eigenvalue weighted by molar-refractivity contribution is 6.44. The first-order valence-corrected chi connectivity index (χ1v) is 6.76. The molecule has 0 radical (unpaired) electrons. The van der Waals surface area contributed by atoms with Gasteiger partial charge in [-0.2, -0.15) is 0 Å².